The second-order valence-corrected chi connectivity index (χ2v) is 5.04. The first-order valence-corrected chi connectivity index (χ1v) is 6.88. The number of nitriles is 1. The van der Waals surface area contributed by atoms with Crippen LogP contribution in [0.1, 0.15) is 30.9 Å². The molecule has 1 aliphatic rings. The van der Waals surface area contributed by atoms with Gasteiger partial charge in [-0.05, 0) is 38.1 Å². The zero-order valence-corrected chi connectivity index (χ0v) is 11.3. The first-order chi connectivity index (χ1) is 9.24. The maximum Gasteiger partial charge on any atom is 0.129 e. The third kappa shape index (κ3) is 3.52. The van der Waals surface area contributed by atoms with Gasteiger partial charge in [0.05, 0.1) is 11.6 Å². The molecular weight excluding hydrogens is 241 g/mol. The number of nitrogens with zero attached hydrogens (tertiary/aromatic N) is 2. The number of halogens is 1. The molecular formula is C15H20FN3. The molecule has 1 aromatic rings. The van der Waals surface area contributed by atoms with E-state index >= 15 is 0 Å². The minimum absolute atomic E-state index is 0.272. The van der Waals surface area contributed by atoms with E-state index < -0.39 is 0 Å². The highest BCUT2D eigenvalue weighted by Crippen LogP contribution is 2.17. The molecule has 0 spiro atoms. The highest BCUT2D eigenvalue weighted by molar-refractivity contribution is 5.32. The number of nitrogens with one attached hydrogen (secondary N) is 1. The highest BCUT2D eigenvalue weighted by atomic mass is 19.1. The maximum atomic E-state index is 13.9. The normalized spacial score (nSPS) is 18.7. The molecule has 1 saturated heterocycles. The van der Waals surface area contributed by atoms with E-state index in [4.69, 9.17) is 5.26 Å². The van der Waals surface area contributed by atoms with Gasteiger partial charge in [0, 0.05) is 24.7 Å². The third-order valence-corrected chi connectivity index (χ3v) is 3.62. The topological polar surface area (TPSA) is 39.1 Å². The van der Waals surface area contributed by atoms with Crippen molar-refractivity contribution in [2.75, 3.05) is 19.6 Å². The summed E-state index contributed by atoms with van der Waals surface area (Å²) in [6.07, 6.45) is 2.19. The summed E-state index contributed by atoms with van der Waals surface area (Å²) >= 11 is 0. The van der Waals surface area contributed by atoms with Crippen LogP contribution < -0.4 is 5.32 Å². The predicted octanol–water partition coefficient (Wildman–Crippen LogP) is 2.27. The number of hydrogen-bond donors (Lipinski definition) is 1. The second kappa shape index (κ2) is 6.65. The van der Waals surface area contributed by atoms with Gasteiger partial charge in [-0.25, -0.2) is 4.39 Å². The third-order valence-electron chi connectivity index (χ3n) is 3.62. The lowest BCUT2D eigenvalue weighted by Gasteiger charge is -2.28. The van der Waals surface area contributed by atoms with Gasteiger partial charge in [-0.3, -0.25) is 4.90 Å². The molecule has 1 unspecified atom stereocenters. The molecule has 1 fully saturated rings. The Labute approximate surface area is 114 Å². The summed E-state index contributed by atoms with van der Waals surface area (Å²) in [6.45, 7) is 5.77. The Kier molecular flexibility index (Phi) is 4.89. The molecule has 102 valence electrons. The summed E-state index contributed by atoms with van der Waals surface area (Å²) < 4.78 is 13.9. The van der Waals surface area contributed by atoms with Gasteiger partial charge < -0.3 is 5.32 Å². The van der Waals surface area contributed by atoms with E-state index in [0.717, 1.165) is 32.5 Å². The average Bonchev–Trinajstić information content (AvgIpc) is 2.94. The number of rotatable bonds is 5. The Morgan fingerprint density at radius 3 is 2.95 bits per heavy atom. The van der Waals surface area contributed by atoms with Crippen LogP contribution >= 0.6 is 0 Å². The van der Waals surface area contributed by atoms with Gasteiger partial charge in [0.25, 0.3) is 0 Å². The van der Waals surface area contributed by atoms with Crippen LogP contribution in [0.5, 0.6) is 0 Å². The van der Waals surface area contributed by atoms with Crippen molar-refractivity contribution in [3.8, 4) is 6.07 Å². The van der Waals surface area contributed by atoms with Crippen molar-refractivity contribution in [2.24, 2.45) is 0 Å². The molecule has 1 aliphatic heterocycles. The van der Waals surface area contributed by atoms with E-state index in [0.29, 0.717) is 23.7 Å². The Balaban J connectivity index is 2.10. The summed E-state index contributed by atoms with van der Waals surface area (Å²) in [5.41, 5.74) is 1.06. The lowest BCUT2D eigenvalue weighted by atomic mass is 10.1. The van der Waals surface area contributed by atoms with Crippen LogP contribution in [-0.2, 0) is 6.54 Å². The highest BCUT2D eigenvalue weighted by Gasteiger charge is 2.22. The molecule has 0 aromatic heterocycles. The van der Waals surface area contributed by atoms with Crippen LogP contribution in [0.3, 0.4) is 0 Å². The summed E-state index contributed by atoms with van der Waals surface area (Å²) in [6, 6.07) is 7.21. The van der Waals surface area contributed by atoms with Gasteiger partial charge in [-0.1, -0.05) is 13.0 Å². The fourth-order valence-corrected chi connectivity index (χ4v) is 2.59. The van der Waals surface area contributed by atoms with Gasteiger partial charge in [-0.15, -0.1) is 0 Å². The SMILES string of the molecule is CCCN(Cc1ccc(C#N)cc1F)C1CCNC1. The van der Waals surface area contributed by atoms with Crippen molar-refractivity contribution in [3.63, 3.8) is 0 Å². The fraction of sp³-hybridized carbons (Fsp3) is 0.533. The maximum absolute atomic E-state index is 13.9. The Morgan fingerprint density at radius 1 is 1.53 bits per heavy atom. The molecule has 0 aliphatic carbocycles. The van der Waals surface area contributed by atoms with E-state index in [1.807, 2.05) is 6.07 Å². The summed E-state index contributed by atoms with van der Waals surface area (Å²) in [5, 5.41) is 12.1. The molecule has 2 rings (SSSR count). The molecule has 1 aromatic carbocycles. The van der Waals surface area contributed by atoms with Crippen LogP contribution in [0.15, 0.2) is 18.2 Å². The zero-order valence-electron chi connectivity index (χ0n) is 11.3. The van der Waals surface area contributed by atoms with Gasteiger partial charge in [0.15, 0.2) is 0 Å². The molecule has 1 heterocycles. The largest absolute Gasteiger partial charge is 0.315 e. The van der Waals surface area contributed by atoms with Crippen molar-refractivity contribution in [3.05, 3.63) is 35.1 Å². The second-order valence-electron chi connectivity index (χ2n) is 5.04. The molecule has 0 saturated carbocycles. The van der Waals surface area contributed by atoms with E-state index in [9.17, 15) is 4.39 Å². The average molecular weight is 261 g/mol. The van der Waals surface area contributed by atoms with Crippen LogP contribution in [0.25, 0.3) is 0 Å². The fourth-order valence-electron chi connectivity index (χ4n) is 2.59. The predicted molar refractivity (Wildman–Crippen MR) is 73.1 cm³/mol. The first-order valence-electron chi connectivity index (χ1n) is 6.88. The Morgan fingerprint density at radius 2 is 2.37 bits per heavy atom. The van der Waals surface area contributed by atoms with Crippen molar-refractivity contribution in [1.82, 2.24) is 10.2 Å². The number of benzene rings is 1. The Hall–Kier alpha value is -1.44. The van der Waals surface area contributed by atoms with E-state index in [1.54, 1.807) is 12.1 Å². The standard InChI is InChI=1S/C15H20FN3/c1-2-7-19(14-5-6-18-10-14)11-13-4-3-12(9-17)8-15(13)16/h3-4,8,14,18H,2,5-7,10-11H2,1H3. The summed E-state index contributed by atoms with van der Waals surface area (Å²) in [7, 11) is 0. The van der Waals surface area contributed by atoms with Gasteiger partial charge in [0.2, 0.25) is 0 Å². The smallest absolute Gasteiger partial charge is 0.129 e. The van der Waals surface area contributed by atoms with Crippen LogP contribution in [0.4, 0.5) is 4.39 Å². The molecule has 1 N–H and O–H groups in total. The molecule has 1 atom stereocenters. The monoisotopic (exact) mass is 261 g/mol. The molecule has 19 heavy (non-hydrogen) atoms. The number of hydrogen-bond acceptors (Lipinski definition) is 3. The first kappa shape index (κ1) is 14.0. The van der Waals surface area contributed by atoms with Crippen LogP contribution in [0, 0.1) is 17.1 Å². The lowest BCUT2D eigenvalue weighted by Crippen LogP contribution is -2.37. The summed E-state index contributed by atoms with van der Waals surface area (Å²) in [4.78, 5) is 2.34. The van der Waals surface area contributed by atoms with E-state index in [2.05, 4.69) is 17.1 Å². The Bertz CT molecular complexity index is 461. The van der Waals surface area contributed by atoms with Gasteiger partial charge in [0.1, 0.15) is 5.82 Å². The molecule has 0 radical (unpaired) electrons. The molecule has 0 bridgehead atoms. The van der Waals surface area contributed by atoms with Crippen molar-refractivity contribution >= 4 is 0 Å². The lowest BCUT2D eigenvalue weighted by molar-refractivity contribution is 0.197. The van der Waals surface area contributed by atoms with Crippen LogP contribution in [-0.4, -0.2) is 30.6 Å². The van der Waals surface area contributed by atoms with E-state index in [1.165, 1.54) is 6.07 Å². The quantitative estimate of drug-likeness (QED) is 0.883. The minimum Gasteiger partial charge on any atom is -0.315 e. The molecule has 0 amide bonds. The van der Waals surface area contributed by atoms with E-state index in [-0.39, 0.29) is 5.82 Å². The van der Waals surface area contributed by atoms with Crippen molar-refractivity contribution in [2.45, 2.75) is 32.4 Å². The van der Waals surface area contributed by atoms with Crippen molar-refractivity contribution < 1.29 is 4.39 Å². The van der Waals surface area contributed by atoms with Gasteiger partial charge in [-0.2, -0.15) is 5.26 Å². The van der Waals surface area contributed by atoms with Gasteiger partial charge >= 0.3 is 0 Å². The molecule has 4 heteroatoms. The zero-order chi connectivity index (χ0) is 13.7. The van der Waals surface area contributed by atoms with Crippen molar-refractivity contribution in [1.29, 1.82) is 5.26 Å². The molecule has 3 nitrogen and oxygen atoms in total. The minimum atomic E-state index is -0.272. The summed E-state index contributed by atoms with van der Waals surface area (Å²) in [5.74, 6) is -0.272. The van der Waals surface area contributed by atoms with Crippen LogP contribution in [0.2, 0.25) is 0 Å².